The molecule has 1 rings (SSSR count). The lowest BCUT2D eigenvalue weighted by Gasteiger charge is -2.03. The van der Waals surface area contributed by atoms with E-state index in [4.69, 9.17) is 4.74 Å². The minimum absolute atomic E-state index is 0.00912. The monoisotopic (exact) mass is 298 g/mol. The molecule has 1 amide bonds. The van der Waals surface area contributed by atoms with Crippen molar-refractivity contribution in [2.75, 3.05) is 17.6 Å². The first-order chi connectivity index (χ1) is 8.35. The van der Waals surface area contributed by atoms with E-state index in [1.807, 2.05) is 5.32 Å². The Morgan fingerprint density at radius 2 is 2.33 bits per heavy atom. The predicted octanol–water partition coefficient (Wildman–Crippen LogP) is -0.457. The van der Waals surface area contributed by atoms with Crippen molar-refractivity contribution < 1.29 is 27.0 Å². The van der Waals surface area contributed by atoms with E-state index < -0.39 is 38.7 Å². The number of nitrogens with zero attached hydrogens (tertiary/aromatic N) is 1. The minimum atomic E-state index is -3.32. The highest BCUT2D eigenvalue weighted by Crippen LogP contribution is 2.10. The summed E-state index contributed by atoms with van der Waals surface area (Å²) in [6.45, 7) is 3.08. The van der Waals surface area contributed by atoms with Gasteiger partial charge >= 0.3 is 6.09 Å². The summed E-state index contributed by atoms with van der Waals surface area (Å²) < 4.78 is 38.5. The summed E-state index contributed by atoms with van der Waals surface area (Å²) in [5.74, 6) is -0.603. The van der Waals surface area contributed by atoms with E-state index >= 15 is 0 Å². The molecule has 2 unspecified atom stereocenters. The molecule has 1 fully saturated rings. The summed E-state index contributed by atoms with van der Waals surface area (Å²) in [5, 5.41) is 5.54. The Hall–Kier alpha value is -1.00. The number of amides is 1. The number of ether oxygens (including phenoxy) is 1. The van der Waals surface area contributed by atoms with E-state index in [0.29, 0.717) is 0 Å². The zero-order chi connectivity index (χ0) is 13.8. The molecule has 0 radical (unpaired) electrons. The second-order valence-corrected chi connectivity index (χ2v) is 7.13. The molecule has 0 spiro atoms. The van der Waals surface area contributed by atoms with Crippen LogP contribution < -0.4 is 5.32 Å². The Labute approximate surface area is 107 Å². The van der Waals surface area contributed by atoms with Crippen LogP contribution in [0.5, 0.6) is 0 Å². The fourth-order valence-corrected chi connectivity index (χ4v) is 2.54. The highest BCUT2D eigenvalue weighted by Gasteiger charge is 2.27. The maximum atomic E-state index is 11.3. The molecule has 18 heavy (non-hydrogen) atoms. The molecule has 0 bridgehead atoms. The van der Waals surface area contributed by atoms with Crippen LogP contribution in [0.3, 0.4) is 0 Å². The fourth-order valence-electron chi connectivity index (χ4n) is 0.986. The number of nitrogens with one attached hydrogen (secondary N) is 1. The Bertz CT molecular complexity index is 472. The van der Waals surface area contributed by atoms with Crippen LogP contribution >= 0.6 is 0 Å². The molecule has 1 aliphatic rings. The lowest BCUT2D eigenvalue weighted by Crippen LogP contribution is -2.30. The Morgan fingerprint density at radius 3 is 2.83 bits per heavy atom. The lowest BCUT2D eigenvalue weighted by atomic mass is 10.4. The third-order valence-corrected chi connectivity index (χ3v) is 4.79. The zero-order valence-corrected chi connectivity index (χ0v) is 11.5. The van der Waals surface area contributed by atoms with Gasteiger partial charge in [0.25, 0.3) is 0 Å². The van der Waals surface area contributed by atoms with Crippen molar-refractivity contribution in [1.29, 1.82) is 0 Å². The molecule has 8 nitrogen and oxygen atoms in total. The number of sulfone groups is 1. The minimum Gasteiger partial charge on any atom is -0.358 e. The molecule has 0 aromatic rings. The van der Waals surface area contributed by atoms with E-state index in [-0.39, 0.29) is 16.7 Å². The molecule has 0 aromatic carbocycles. The number of carbonyl (C=O) groups excluding carboxylic acids is 1. The summed E-state index contributed by atoms with van der Waals surface area (Å²) in [7, 11) is -4.74. The fraction of sp³-hybridized carbons (Fsp3) is 0.750. The van der Waals surface area contributed by atoms with Gasteiger partial charge in [0.1, 0.15) is 17.9 Å². The standard InChI is InChI=1S/C8H14N2O6S2/c1-3-18(13,14)4-9-8(11)16-10-7-6(2)15-5-17(7)12/h6H,3-5H2,1-2H3,(H,9,11). The van der Waals surface area contributed by atoms with E-state index in [1.54, 1.807) is 6.92 Å². The molecule has 1 N–H and O–H groups in total. The first kappa shape index (κ1) is 15.1. The number of rotatable bonds is 4. The van der Waals surface area contributed by atoms with Gasteiger partial charge in [-0.15, -0.1) is 0 Å². The van der Waals surface area contributed by atoms with E-state index in [1.165, 1.54) is 6.92 Å². The molecule has 1 aliphatic heterocycles. The molecule has 0 aromatic heterocycles. The van der Waals surface area contributed by atoms with Gasteiger partial charge in [-0.25, -0.2) is 13.2 Å². The summed E-state index contributed by atoms with van der Waals surface area (Å²) in [6, 6.07) is 0. The van der Waals surface area contributed by atoms with Crippen molar-refractivity contribution in [3.8, 4) is 0 Å². The van der Waals surface area contributed by atoms with Crippen molar-refractivity contribution in [2.24, 2.45) is 5.16 Å². The van der Waals surface area contributed by atoms with Gasteiger partial charge in [-0.1, -0.05) is 12.1 Å². The molecule has 2 atom stereocenters. The molecule has 10 heteroatoms. The summed E-state index contributed by atoms with van der Waals surface area (Å²) in [4.78, 5) is 15.5. The zero-order valence-electron chi connectivity index (χ0n) is 9.91. The van der Waals surface area contributed by atoms with Crippen LogP contribution in [0.25, 0.3) is 0 Å². The molecular formula is C8H14N2O6S2. The summed E-state index contributed by atoms with van der Waals surface area (Å²) in [6.07, 6.45) is -1.51. The number of carbonyl (C=O) groups is 1. The van der Waals surface area contributed by atoms with Crippen LogP contribution in [0.15, 0.2) is 5.16 Å². The third kappa shape index (κ3) is 4.35. The van der Waals surface area contributed by atoms with Crippen LogP contribution in [0, 0.1) is 0 Å². The SMILES string of the molecule is CCS(=O)(=O)CNC(=O)ON=C1C(C)OCS1=O. The number of hydrogen-bond acceptors (Lipinski definition) is 7. The molecule has 0 aliphatic carbocycles. The lowest BCUT2D eigenvalue weighted by molar-refractivity contribution is 0.144. The topological polar surface area (TPSA) is 111 Å². The highest BCUT2D eigenvalue weighted by atomic mass is 32.2. The number of hydrogen-bond donors (Lipinski definition) is 1. The molecule has 0 saturated carbocycles. The van der Waals surface area contributed by atoms with Crippen LogP contribution in [-0.2, 0) is 30.2 Å². The van der Waals surface area contributed by atoms with Gasteiger partial charge in [0.05, 0.1) is 10.8 Å². The first-order valence-electron chi connectivity index (χ1n) is 5.09. The normalized spacial score (nSPS) is 26.2. The highest BCUT2D eigenvalue weighted by molar-refractivity contribution is 8.01. The van der Waals surface area contributed by atoms with Crippen molar-refractivity contribution in [1.82, 2.24) is 5.32 Å². The van der Waals surface area contributed by atoms with Crippen LogP contribution in [0.1, 0.15) is 13.8 Å². The summed E-state index contributed by atoms with van der Waals surface area (Å²) >= 11 is 0. The van der Waals surface area contributed by atoms with Gasteiger partial charge in [-0.3, -0.25) is 9.05 Å². The second kappa shape index (κ2) is 6.25. The molecular weight excluding hydrogens is 284 g/mol. The van der Waals surface area contributed by atoms with Gasteiger partial charge in [0.2, 0.25) is 0 Å². The number of oxime groups is 1. The van der Waals surface area contributed by atoms with Gasteiger partial charge in [0.15, 0.2) is 14.9 Å². The van der Waals surface area contributed by atoms with Gasteiger partial charge in [-0.2, -0.15) is 0 Å². The van der Waals surface area contributed by atoms with Crippen LogP contribution in [0.4, 0.5) is 4.79 Å². The quantitative estimate of drug-likeness (QED) is 0.555. The first-order valence-corrected chi connectivity index (χ1v) is 8.23. The van der Waals surface area contributed by atoms with Gasteiger partial charge in [-0.05, 0) is 6.92 Å². The van der Waals surface area contributed by atoms with Crippen molar-refractivity contribution >= 4 is 31.8 Å². The van der Waals surface area contributed by atoms with Crippen molar-refractivity contribution in [3.05, 3.63) is 0 Å². The second-order valence-electron chi connectivity index (χ2n) is 3.43. The van der Waals surface area contributed by atoms with Gasteiger partial charge in [0, 0.05) is 5.75 Å². The van der Waals surface area contributed by atoms with Crippen molar-refractivity contribution in [2.45, 2.75) is 20.0 Å². The van der Waals surface area contributed by atoms with Crippen LogP contribution in [0.2, 0.25) is 0 Å². The average Bonchev–Trinajstić information content (AvgIpc) is 2.64. The maximum absolute atomic E-state index is 11.3. The van der Waals surface area contributed by atoms with Crippen molar-refractivity contribution in [3.63, 3.8) is 0 Å². The average molecular weight is 298 g/mol. The Balaban J connectivity index is 2.47. The Kier molecular flexibility index (Phi) is 5.23. The van der Waals surface area contributed by atoms with Gasteiger partial charge < -0.3 is 10.1 Å². The largest absolute Gasteiger partial charge is 0.434 e. The maximum Gasteiger partial charge on any atom is 0.434 e. The Morgan fingerprint density at radius 1 is 1.67 bits per heavy atom. The summed E-state index contributed by atoms with van der Waals surface area (Å²) in [5.41, 5.74) is 0. The van der Waals surface area contributed by atoms with E-state index in [0.717, 1.165) is 0 Å². The van der Waals surface area contributed by atoms with E-state index in [9.17, 15) is 17.4 Å². The van der Waals surface area contributed by atoms with E-state index in [2.05, 4.69) is 9.99 Å². The molecule has 1 saturated heterocycles. The third-order valence-electron chi connectivity index (χ3n) is 2.10. The van der Waals surface area contributed by atoms with Crippen LogP contribution in [-0.4, -0.2) is 47.4 Å². The smallest absolute Gasteiger partial charge is 0.358 e. The predicted molar refractivity (Wildman–Crippen MR) is 64.9 cm³/mol. The molecule has 104 valence electrons. The molecule has 1 heterocycles.